The second-order valence-corrected chi connectivity index (χ2v) is 7.25. The number of carbonyl (C=O) groups is 1. The zero-order chi connectivity index (χ0) is 20.8. The third kappa shape index (κ3) is 3.79. The Bertz CT molecular complexity index is 1060. The van der Waals surface area contributed by atoms with Gasteiger partial charge in [0.05, 0.1) is 17.6 Å². The molecule has 0 spiro atoms. The first-order chi connectivity index (χ1) is 13.7. The molecule has 1 aliphatic rings. The molecule has 1 atom stereocenters. The fraction of sp³-hybridized carbons (Fsp3) is 0.421. The maximum atomic E-state index is 13.4. The van der Waals surface area contributed by atoms with Crippen molar-refractivity contribution in [1.82, 2.24) is 29.5 Å². The van der Waals surface area contributed by atoms with Crippen LogP contribution in [-0.4, -0.2) is 48.5 Å². The smallest absolute Gasteiger partial charge is 0.337 e. The Morgan fingerprint density at radius 1 is 1.14 bits per heavy atom. The SMILES string of the molecule is Cc1cnc(C(=O)N2CCCC(c3cc4nc(C)cc(C(F)(F)F)n4n3)C2)cn1. The molecule has 4 heterocycles. The molecule has 1 amide bonds. The lowest BCUT2D eigenvalue weighted by atomic mass is 9.94. The Kier molecular flexibility index (Phi) is 4.71. The Morgan fingerprint density at radius 2 is 1.93 bits per heavy atom. The van der Waals surface area contributed by atoms with Gasteiger partial charge in [0.2, 0.25) is 0 Å². The first-order valence-corrected chi connectivity index (χ1v) is 9.25. The molecule has 1 saturated heterocycles. The summed E-state index contributed by atoms with van der Waals surface area (Å²) in [5.41, 5.74) is 1.04. The molecular weight excluding hydrogens is 385 g/mol. The number of amides is 1. The molecule has 1 unspecified atom stereocenters. The fourth-order valence-electron chi connectivity index (χ4n) is 3.59. The number of hydrogen-bond acceptors (Lipinski definition) is 5. The average Bonchev–Trinajstić information content (AvgIpc) is 3.10. The minimum atomic E-state index is -4.53. The first-order valence-electron chi connectivity index (χ1n) is 9.25. The minimum Gasteiger partial charge on any atom is -0.337 e. The second-order valence-electron chi connectivity index (χ2n) is 7.25. The van der Waals surface area contributed by atoms with Crippen LogP contribution in [0.2, 0.25) is 0 Å². The van der Waals surface area contributed by atoms with Crippen molar-refractivity contribution < 1.29 is 18.0 Å². The van der Waals surface area contributed by atoms with Crippen LogP contribution in [0.25, 0.3) is 5.65 Å². The van der Waals surface area contributed by atoms with Gasteiger partial charge in [-0.05, 0) is 32.8 Å². The zero-order valence-electron chi connectivity index (χ0n) is 15.9. The van der Waals surface area contributed by atoms with E-state index in [2.05, 4.69) is 20.1 Å². The Labute approximate surface area is 164 Å². The van der Waals surface area contributed by atoms with Crippen LogP contribution in [0.15, 0.2) is 24.5 Å². The summed E-state index contributed by atoms with van der Waals surface area (Å²) < 4.78 is 41.0. The monoisotopic (exact) mass is 404 g/mol. The summed E-state index contributed by atoms with van der Waals surface area (Å²) in [5, 5.41) is 4.19. The topological polar surface area (TPSA) is 76.3 Å². The molecule has 0 aromatic carbocycles. The quantitative estimate of drug-likeness (QED) is 0.656. The number of piperidine rings is 1. The van der Waals surface area contributed by atoms with Crippen LogP contribution in [0.1, 0.15) is 52.0 Å². The molecule has 1 aliphatic heterocycles. The average molecular weight is 404 g/mol. The van der Waals surface area contributed by atoms with Gasteiger partial charge in [-0.15, -0.1) is 0 Å². The number of rotatable bonds is 2. The van der Waals surface area contributed by atoms with E-state index in [1.165, 1.54) is 19.3 Å². The van der Waals surface area contributed by atoms with Gasteiger partial charge < -0.3 is 4.90 Å². The van der Waals surface area contributed by atoms with Crippen LogP contribution >= 0.6 is 0 Å². The molecule has 10 heteroatoms. The molecule has 29 heavy (non-hydrogen) atoms. The van der Waals surface area contributed by atoms with Gasteiger partial charge in [-0.25, -0.2) is 14.5 Å². The molecule has 7 nitrogen and oxygen atoms in total. The van der Waals surface area contributed by atoms with Crippen LogP contribution < -0.4 is 0 Å². The molecule has 152 valence electrons. The summed E-state index contributed by atoms with van der Waals surface area (Å²) in [6.07, 6.45) is -0.110. The lowest BCUT2D eigenvalue weighted by Gasteiger charge is -2.31. The van der Waals surface area contributed by atoms with Gasteiger partial charge in [0.25, 0.3) is 5.91 Å². The summed E-state index contributed by atoms with van der Waals surface area (Å²) in [7, 11) is 0. The van der Waals surface area contributed by atoms with E-state index >= 15 is 0 Å². The van der Waals surface area contributed by atoms with Crippen molar-refractivity contribution in [2.45, 2.75) is 38.8 Å². The number of nitrogens with zero attached hydrogens (tertiary/aromatic N) is 6. The van der Waals surface area contributed by atoms with E-state index in [4.69, 9.17) is 0 Å². The molecule has 0 N–H and O–H groups in total. The molecular formula is C19H19F3N6O. The first kappa shape index (κ1) is 19.3. The van der Waals surface area contributed by atoms with E-state index < -0.39 is 11.9 Å². The van der Waals surface area contributed by atoms with Crippen molar-refractivity contribution in [1.29, 1.82) is 0 Å². The molecule has 3 aromatic rings. The number of fused-ring (bicyclic) bond motifs is 1. The van der Waals surface area contributed by atoms with E-state index in [9.17, 15) is 18.0 Å². The fourth-order valence-corrected chi connectivity index (χ4v) is 3.59. The van der Waals surface area contributed by atoms with Gasteiger partial charge in [-0.2, -0.15) is 18.3 Å². The summed E-state index contributed by atoms with van der Waals surface area (Å²) in [4.78, 5) is 26.8. The second kappa shape index (κ2) is 7.09. The number of hydrogen-bond donors (Lipinski definition) is 0. The number of alkyl halides is 3. The largest absolute Gasteiger partial charge is 0.433 e. The highest BCUT2D eigenvalue weighted by Crippen LogP contribution is 2.32. The van der Waals surface area contributed by atoms with Gasteiger partial charge >= 0.3 is 6.18 Å². The van der Waals surface area contributed by atoms with Crippen LogP contribution in [0.4, 0.5) is 13.2 Å². The maximum Gasteiger partial charge on any atom is 0.433 e. The van der Waals surface area contributed by atoms with Crippen molar-refractivity contribution in [2.75, 3.05) is 13.1 Å². The number of aryl methyl sites for hydroxylation is 2. The molecule has 0 saturated carbocycles. The molecule has 0 radical (unpaired) electrons. The van der Waals surface area contributed by atoms with Crippen molar-refractivity contribution in [3.8, 4) is 0 Å². The van der Waals surface area contributed by atoms with E-state index in [0.717, 1.165) is 23.4 Å². The van der Waals surface area contributed by atoms with Crippen molar-refractivity contribution in [2.24, 2.45) is 0 Å². The van der Waals surface area contributed by atoms with Crippen molar-refractivity contribution >= 4 is 11.6 Å². The maximum absolute atomic E-state index is 13.4. The number of likely N-dealkylation sites (tertiary alicyclic amines) is 1. The van der Waals surface area contributed by atoms with E-state index in [1.807, 2.05) is 0 Å². The normalized spacial score (nSPS) is 17.7. The third-order valence-electron chi connectivity index (χ3n) is 4.99. The van der Waals surface area contributed by atoms with Crippen LogP contribution in [0.3, 0.4) is 0 Å². The van der Waals surface area contributed by atoms with Gasteiger partial charge in [0.1, 0.15) is 11.4 Å². The van der Waals surface area contributed by atoms with Gasteiger partial charge in [-0.1, -0.05) is 0 Å². The summed E-state index contributed by atoms with van der Waals surface area (Å²) in [6, 6.07) is 2.56. The lowest BCUT2D eigenvalue weighted by molar-refractivity contribution is -0.142. The molecule has 3 aromatic heterocycles. The highest BCUT2D eigenvalue weighted by atomic mass is 19.4. The van der Waals surface area contributed by atoms with Gasteiger partial charge in [0, 0.05) is 37.0 Å². The summed E-state index contributed by atoms with van der Waals surface area (Å²) in [6.45, 7) is 4.22. The third-order valence-corrected chi connectivity index (χ3v) is 4.99. The van der Waals surface area contributed by atoms with Crippen molar-refractivity contribution in [3.05, 3.63) is 53.0 Å². The van der Waals surface area contributed by atoms with Gasteiger partial charge in [0.15, 0.2) is 5.65 Å². The number of halogens is 3. The zero-order valence-corrected chi connectivity index (χ0v) is 15.9. The predicted molar refractivity (Wildman–Crippen MR) is 97.4 cm³/mol. The van der Waals surface area contributed by atoms with E-state index in [1.54, 1.807) is 17.9 Å². The molecule has 1 fully saturated rings. The number of carbonyl (C=O) groups excluding carboxylic acids is 1. The Balaban J connectivity index is 1.62. The summed E-state index contributed by atoms with van der Waals surface area (Å²) >= 11 is 0. The Morgan fingerprint density at radius 3 is 2.62 bits per heavy atom. The minimum absolute atomic E-state index is 0.153. The lowest BCUT2D eigenvalue weighted by Crippen LogP contribution is -2.39. The molecule has 4 rings (SSSR count). The molecule has 0 aliphatic carbocycles. The van der Waals surface area contributed by atoms with Gasteiger partial charge in [-0.3, -0.25) is 9.78 Å². The van der Waals surface area contributed by atoms with Crippen LogP contribution in [-0.2, 0) is 6.18 Å². The predicted octanol–water partition coefficient (Wildman–Crippen LogP) is 3.17. The van der Waals surface area contributed by atoms with Crippen molar-refractivity contribution in [3.63, 3.8) is 0 Å². The number of aromatic nitrogens is 5. The van der Waals surface area contributed by atoms with E-state index in [0.29, 0.717) is 24.5 Å². The standard InChI is InChI=1S/C19H19F3N6O/c1-11-6-16(19(20,21)22)28-17(25-11)7-14(26-28)13-4-3-5-27(10-13)18(29)15-9-23-12(2)8-24-15/h6-9,13H,3-5,10H2,1-2H3. The van der Waals surface area contributed by atoms with Crippen LogP contribution in [0, 0.1) is 13.8 Å². The van der Waals surface area contributed by atoms with Crippen LogP contribution in [0.5, 0.6) is 0 Å². The van der Waals surface area contributed by atoms with E-state index in [-0.39, 0.29) is 28.9 Å². The molecule has 0 bridgehead atoms. The highest BCUT2D eigenvalue weighted by molar-refractivity contribution is 5.92. The summed E-state index contributed by atoms with van der Waals surface area (Å²) in [5.74, 6) is -0.412. The highest BCUT2D eigenvalue weighted by Gasteiger charge is 2.35. The Hall–Kier alpha value is -3.04.